The first-order chi connectivity index (χ1) is 6.86. The van der Waals surface area contributed by atoms with Crippen LogP contribution in [0.2, 0.25) is 0 Å². The summed E-state index contributed by atoms with van der Waals surface area (Å²) in [4.78, 5) is 0. The van der Waals surface area contributed by atoms with Gasteiger partial charge in [0.15, 0.2) is 0 Å². The van der Waals surface area contributed by atoms with Gasteiger partial charge in [0.2, 0.25) is 0 Å². The summed E-state index contributed by atoms with van der Waals surface area (Å²) in [5, 5.41) is 11.2. The van der Waals surface area contributed by atoms with Crippen molar-refractivity contribution in [2.45, 2.75) is 19.0 Å². The van der Waals surface area contributed by atoms with E-state index in [-0.39, 0.29) is 0 Å². The Bertz CT molecular complexity index is 356. The second-order valence-electron chi connectivity index (χ2n) is 3.90. The Morgan fingerprint density at radius 3 is 2.93 bits per heavy atom. The maximum Gasteiger partial charge on any atom is 0.131 e. The molecular formula is C9H13BrN4. The van der Waals surface area contributed by atoms with Gasteiger partial charge in [0.25, 0.3) is 0 Å². The van der Waals surface area contributed by atoms with Crippen molar-refractivity contribution in [3.8, 4) is 0 Å². The van der Waals surface area contributed by atoms with E-state index in [1.807, 2.05) is 0 Å². The molecule has 1 saturated heterocycles. The van der Waals surface area contributed by atoms with E-state index in [0.29, 0.717) is 6.04 Å². The molecule has 0 radical (unpaired) electrons. The molecule has 0 unspecified atom stereocenters. The smallest absolute Gasteiger partial charge is 0.131 e. The quantitative estimate of drug-likeness (QED) is 0.767. The summed E-state index contributed by atoms with van der Waals surface area (Å²) >= 11 is 3.54. The predicted octanol–water partition coefficient (Wildman–Crippen LogP) is 0.436. The molecule has 4 nitrogen and oxygen atoms in total. The molecule has 0 bridgehead atoms. The minimum Gasteiger partial charge on any atom is -0.312 e. The van der Waals surface area contributed by atoms with Gasteiger partial charge >= 0.3 is 0 Å². The van der Waals surface area contributed by atoms with Crippen molar-refractivity contribution >= 4 is 15.9 Å². The van der Waals surface area contributed by atoms with Crippen molar-refractivity contribution in [2.75, 3.05) is 19.6 Å². The van der Waals surface area contributed by atoms with E-state index in [4.69, 9.17) is 0 Å². The molecule has 5 heteroatoms. The number of hydrogen-bond acceptors (Lipinski definition) is 3. The van der Waals surface area contributed by atoms with E-state index in [1.165, 1.54) is 11.3 Å². The number of rotatable bonds is 1. The minimum absolute atomic E-state index is 0.565. The molecule has 0 aliphatic carbocycles. The molecule has 1 aromatic rings. The van der Waals surface area contributed by atoms with E-state index in [0.717, 1.165) is 37.2 Å². The monoisotopic (exact) mass is 256 g/mol. The predicted molar refractivity (Wildman–Crippen MR) is 57.2 cm³/mol. The molecule has 0 aromatic carbocycles. The fourth-order valence-electron chi connectivity index (χ4n) is 2.08. The number of nitrogens with one attached hydrogen (secondary N) is 2. The molecule has 76 valence electrons. The highest BCUT2D eigenvalue weighted by atomic mass is 79.9. The van der Waals surface area contributed by atoms with Crippen LogP contribution in [0, 0.1) is 0 Å². The molecule has 2 aliphatic rings. The fraction of sp³-hybridized carbons (Fsp3) is 0.667. The second kappa shape index (κ2) is 3.32. The minimum atomic E-state index is 0.565. The molecule has 0 spiro atoms. The number of hydrogen-bond donors (Lipinski definition) is 2. The normalized spacial score (nSPS) is 21.8. The van der Waals surface area contributed by atoms with Crippen molar-refractivity contribution in [1.29, 1.82) is 0 Å². The molecule has 3 rings (SSSR count). The lowest BCUT2D eigenvalue weighted by Crippen LogP contribution is -2.45. The molecule has 2 N–H and O–H groups in total. The van der Waals surface area contributed by atoms with E-state index >= 15 is 0 Å². The third-order valence-corrected chi connectivity index (χ3v) is 3.66. The van der Waals surface area contributed by atoms with Crippen molar-refractivity contribution in [3.05, 3.63) is 15.9 Å². The summed E-state index contributed by atoms with van der Waals surface area (Å²) < 4.78 is 3.23. The Labute approximate surface area is 91.2 Å². The molecule has 1 fully saturated rings. The first kappa shape index (κ1) is 8.88. The standard InChI is InChI=1S/C9H13BrN4/c10-9-7-1-2-11-5-8(7)14(13-9)6-3-12-4-6/h6,11-12H,1-5H2. The van der Waals surface area contributed by atoms with Gasteiger partial charge in [-0.25, -0.2) is 0 Å². The molecule has 0 atom stereocenters. The van der Waals surface area contributed by atoms with Gasteiger partial charge in [0.1, 0.15) is 4.60 Å². The van der Waals surface area contributed by atoms with E-state index in [2.05, 4.69) is 36.3 Å². The Morgan fingerprint density at radius 2 is 2.21 bits per heavy atom. The zero-order valence-electron chi connectivity index (χ0n) is 7.89. The molecule has 3 heterocycles. The molecule has 2 aliphatic heterocycles. The molecular weight excluding hydrogens is 244 g/mol. The summed E-state index contributed by atoms with van der Waals surface area (Å²) in [5.41, 5.74) is 2.77. The third kappa shape index (κ3) is 1.23. The van der Waals surface area contributed by atoms with Gasteiger partial charge in [-0.3, -0.25) is 4.68 Å². The van der Waals surface area contributed by atoms with Gasteiger partial charge in [0, 0.05) is 25.2 Å². The van der Waals surface area contributed by atoms with Crippen LogP contribution >= 0.6 is 15.9 Å². The zero-order valence-corrected chi connectivity index (χ0v) is 9.47. The third-order valence-electron chi connectivity index (χ3n) is 3.02. The Balaban J connectivity index is 2.02. The Kier molecular flexibility index (Phi) is 2.11. The number of nitrogens with zero attached hydrogens (tertiary/aromatic N) is 2. The Morgan fingerprint density at radius 1 is 1.36 bits per heavy atom. The zero-order chi connectivity index (χ0) is 9.54. The van der Waals surface area contributed by atoms with Gasteiger partial charge in [-0.15, -0.1) is 0 Å². The van der Waals surface area contributed by atoms with Crippen LogP contribution in [0.1, 0.15) is 17.3 Å². The first-order valence-corrected chi connectivity index (χ1v) is 5.83. The van der Waals surface area contributed by atoms with E-state index in [1.54, 1.807) is 0 Å². The van der Waals surface area contributed by atoms with Crippen molar-refractivity contribution in [3.63, 3.8) is 0 Å². The van der Waals surface area contributed by atoms with Crippen LogP contribution in [0.4, 0.5) is 0 Å². The van der Waals surface area contributed by atoms with Gasteiger partial charge in [-0.1, -0.05) is 0 Å². The average molecular weight is 257 g/mol. The lowest BCUT2D eigenvalue weighted by molar-refractivity contribution is 0.306. The van der Waals surface area contributed by atoms with Gasteiger partial charge in [-0.2, -0.15) is 5.10 Å². The maximum atomic E-state index is 4.57. The van der Waals surface area contributed by atoms with Crippen LogP contribution < -0.4 is 10.6 Å². The topological polar surface area (TPSA) is 41.9 Å². The average Bonchev–Trinajstić information content (AvgIpc) is 2.43. The van der Waals surface area contributed by atoms with Gasteiger partial charge in [0.05, 0.1) is 11.7 Å². The highest BCUT2D eigenvalue weighted by molar-refractivity contribution is 9.10. The molecule has 1 aromatic heterocycles. The first-order valence-electron chi connectivity index (χ1n) is 5.03. The van der Waals surface area contributed by atoms with Crippen LogP contribution in [0.25, 0.3) is 0 Å². The number of halogens is 1. The van der Waals surface area contributed by atoms with Crippen LogP contribution in [0.15, 0.2) is 4.60 Å². The fourth-order valence-corrected chi connectivity index (χ4v) is 2.67. The molecule has 0 saturated carbocycles. The van der Waals surface area contributed by atoms with Gasteiger partial charge < -0.3 is 10.6 Å². The molecule has 14 heavy (non-hydrogen) atoms. The summed E-state index contributed by atoms with van der Waals surface area (Å²) in [6.07, 6.45) is 1.09. The lowest BCUT2D eigenvalue weighted by Gasteiger charge is -2.29. The SMILES string of the molecule is Brc1nn(C2CNC2)c2c1CCNC2. The van der Waals surface area contributed by atoms with E-state index in [9.17, 15) is 0 Å². The van der Waals surface area contributed by atoms with Crippen molar-refractivity contribution in [2.24, 2.45) is 0 Å². The number of fused-ring (bicyclic) bond motifs is 1. The summed E-state index contributed by atoms with van der Waals surface area (Å²) in [6.45, 7) is 4.14. The highest BCUT2D eigenvalue weighted by Crippen LogP contribution is 2.26. The summed E-state index contributed by atoms with van der Waals surface area (Å²) in [5.74, 6) is 0. The van der Waals surface area contributed by atoms with Crippen LogP contribution in [0.5, 0.6) is 0 Å². The van der Waals surface area contributed by atoms with Gasteiger partial charge in [-0.05, 0) is 28.9 Å². The Hall–Kier alpha value is -0.390. The van der Waals surface area contributed by atoms with Crippen LogP contribution in [0.3, 0.4) is 0 Å². The summed E-state index contributed by atoms with van der Waals surface area (Å²) in [7, 11) is 0. The second-order valence-corrected chi connectivity index (χ2v) is 4.65. The lowest BCUT2D eigenvalue weighted by atomic mass is 10.1. The maximum absolute atomic E-state index is 4.57. The van der Waals surface area contributed by atoms with Crippen LogP contribution in [-0.4, -0.2) is 29.4 Å². The largest absolute Gasteiger partial charge is 0.312 e. The van der Waals surface area contributed by atoms with Crippen molar-refractivity contribution < 1.29 is 0 Å². The molecule has 0 amide bonds. The number of aromatic nitrogens is 2. The highest BCUT2D eigenvalue weighted by Gasteiger charge is 2.26. The van der Waals surface area contributed by atoms with Crippen molar-refractivity contribution in [1.82, 2.24) is 20.4 Å². The van der Waals surface area contributed by atoms with Crippen LogP contribution in [-0.2, 0) is 13.0 Å². The summed E-state index contributed by atoms with van der Waals surface area (Å²) in [6, 6.07) is 0.565. The van der Waals surface area contributed by atoms with E-state index < -0.39 is 0 Å².